The quantitative estimate of drug-likeness (QED) is 0.282. The minimum absolute atomic E-state index is 0.0387. The number of para-hydroxylation sites is 1. The molecule has 0 saturated heterocycles. The van der Waals surface area contributed by atoms with Crippen molar-refractivity contribution in [1.29, 1.82) is 0 Å². The van der Waals surface area contributed by atoms with Gasteiger partial charge in [0.15, 0.2) is 0 Å². The zero-order valence-corrected chi connectivity index (χ0v) is 22.5. The molecule has 1 amide bonds. The van der Waals surface area contributed by atoms with Gasteiger partial charge < -0.3 is 30.0 Å². The maximum atomic E-state index is 13.0. The van der Waals surface area contributed by atoms with E-state index in [0.29, 0.717) is 22.9 Å². The number of carbonyl (C=O) groups excluding carboxylic acids is 1. The summed E-state index contributed by atoms with van der Waals surface area (Å²) in [4.78, 5) is 24.0. The topological polar surface area (TPSA) is 106 Å². The van der Waals surface area contributed by atoms with Crippen LogP contribution in [0.25, 0.3) is 17.2 Å². The summed E-state index contributed by atoms with van der Waals surface area (Å²) in [6.45, 7) is 2.24. The van der Waals surface area contributed by atoms with Crippen LogP contribution in [0.1, 0.15) is 36.5 Å². The van der Waals surface area contributed by atoms with Crippen LogP contribution in [0.15, 0.2) is 66.2 Å². The second-order valence-electron chi connectivity index (χ2n) is 9.03. The Labute approximate surface area is 227 Å². The summed E-state index contributed by atoms with van der Waals surface area (Å²) in [6.07, 6.45) is 2.20. The molecule has 0 spiro atoms. The average Bonchev–Trinajstić information content (AvgIpc) is 3.18. The van der Waals surface area contributed by atoms with Crippen molar-refractivity contribution < 1.29 is 28.9 Å². The lowest BCUT2D eigenvalue weighted by atomic mass is 10.00. The summed E-state index contributed by atoms with van der Waals surface area (Å²) in [5.41, 5.74) is 7.01. The van der Waals surface area contributed by atoms with E-state index >= 15 is 0 Å². The van der Waals surface area contributed by atoms with E-state index in [1.54, 1.807) is 21.3 Å². The second-order valence-corrected chi connectivity index (χ2v) is 9.03. The molecule has 0 atom stereocenters. The molecule has 0 fully saturated rings. The number of hydrogen-bond donors (Lipinski definition) is 3. The molecule has 8 heteroatoms. The maximum absolute atomic E-state index is 13.0. The first-order chi connectivity index (χ1) is 18.8. The number of methoxy groups -OCH3 is 3. The van der Waals surface area contributed by atoms with E-state index in [1.807, 2.05) is 73.7 Å². The highest BCUT2D eigenvalue weighted by Crippen LogP contribution is 2.46. The molecule has 3 N–H and O–H groups in total. The molecule has 0 bridgehead atoms. The van der Waals surface area contributed by atoms with E-state index in [0.717, 1.165) is 39.1 Å². The molecule has 3 aromatic rings. The smallest absolute Gasteiger partial charge is 0.305 e. The lowest BCUT2D eigenvalue weighted by Gasteiger charge is -2.16. The third kappa shape index (κ3) is 6.23. The highest BCUT2D eigenvalue weighted by molar-refractivity contribution is 6.10. The van der Waals surface area contributed by atoms with Gasteiger partial charge in [0.2, 0.25) is 5.91 Å². The number of allylic oxidation sites excluding steroid dienone is 2. The van der Waals surface area contributed by atoms with Crippen molar-refractivity contribution >= 4 is 40.5 Å². The molecule has 4 rings (SSSR count). The normalized spacial score (nSPS) is 13.2. The van der Waals surface area contributed by atoms with Gasteiger partial charge in [-0.1, -0.05) is 24.3 Å². The summed E-state index contributed by atoms with van der Waals surface area (Å²) in [6, 6.07) is 19.0. The molecule has 1 aliphatic carbocycles. The van der Waals surface area contributed by atoms with Crippen LogP contribution in [-0.4, -0.2) is 44.9 Å². The first-order valence-corrected chi connectivity index (χ1v) is 12.5. The molecule has 0 saturated carbocycles. The Morgan fingerprint density at radius 2 is 1.59 bits per heavy atom. The van der Waals surface area contributed by atoms with Crippen molar-refractivity contribution in [1.82, 2.24) is 0 Å². The molecule has 0 heterocycles. The molecule has 3 aromatic carbocycles. The number of carboxylic acids is 1. The van der Waals surface area contributed by atoms with Crippen molar-refractivity contribution in [2.75, 3.05) is 38.5 Å². The Balaban J connectivity index is 1.72. The van der Waals surface area contributed by atoms with Gasteiger partial charge in [-0.3, -0.25) is 9.59 Å². The van der Waals surface area contributed by atoms with Crippen LogP contribution in [-0.2, 0) is 9.59 Å². The van der Waals surface area contributed by atoms with Gasteiger partial charge in [-0.25, -0.2) is 0 Å². The molecule has 8 nitrogen and oxygen atoms in total. The summed E-state index contributed by atoms with van der Waals surface area (Å²) < 4.78 is 16.7. The van der Waals surface area contributed by atoms with Gasteiger partial charge in [-0.2, -0.15) is 0 Å². The fraction of sp³-hybridized carbons (Fsp3) is 0.226. The van der Waals surface area contributed by atoms with Crippen molar-refractivity contribution in [3.05, 3.63) is 82.9 Å². The fourth-order valence-electron chi connectivity index (χ4n) is 4.65. The third-order valence-corrected chi connectivity index (χ3v) is 6.57. The Bertz CT molecular complexity index is 1420. The highest BCUT2D eigenvalue weighted by Gasteiger charge is 2.26. The Morgan fingerprint density at radius 3 is 2.21 bits per heavy atom. The minimum atomic E-state index is -0.895. The predicted octanol–water partition coefficient (Wildman–Crippen LogP) is 5.96. The van der Waals surface area contributed by atoms with Crippen LogP contribution in [0.3, 0.4) is 0 Å². The first-order valence-electron chi connectivity index (χ1n) is 12.5. The van der Waals surface area contributed by atoms with Crippen LogP contribution in [0.4, 0.5) is 11.4 Å². The number of carboxylic acid groups (broad SMARTS) is 1. The van der Waals surface area contributed by atoms with Gasteiger partial charge in [-0.05, 0) is 82.8 Å². The number of rotatable bonds is 11. The first kappa shape index (κ1) is 27.3. The van der Waals surface area contributed by atoms with Gasteiger partial charge in [-0.15, -0.1) is 0 Å². The number of aliphatic carboxylic acids is 1. The zero-order chi connectivity index (χ0) is 27.9. The van der Waals surface area contributed by atoms with Gasteiger partial charge in [0.05, 0.1) is 34.2 Å². The molecule has 0 radical (unpaired) electrons. The number of anilines is 2. The van der Waals surface area contributed by atoms with Gasteiger partial charge in [0.25, 0.3) is 0 Å². The van der Waals surface area contributed by atoms with E-state index in [1.165, 1.54) is 0 Å². The number of fused-ring (bicyclic) bond motifs is 1. The third-order valence-electron chi connectivity index (χ3n) is 6.57. The summed E-state index contributed by atoms with van der Waals surface area (Å²) in [5, 5.41) is 15.1. The van der Waals surface area contributed by atoms with Crippen LogP contribution in [0.5, 0.6) is 17.2 Å². The molecular weight excluding hydrogens is 496 g/mol. The van der Waals surface area contributed by atoms with Gasteiger partial charge in [0.1, 0.15) is 22.9 Å². The van der Waals surface area contributed by atoms with Gasteiger partial charge in [0, 0.05) is 12.2 Å². The van der Waals surface area contributed by atoms with E-state index in [2.05, 4.69) is 10.6 Å². The van der Waals surface area contributed by atoms with E-state index < -0.39 is 5.97 Å². The standard InChI is InChI=1S/C31H32N2O6/c1-19-24(14-20-15-27(38-3)31(28(16-20)39-4)32-13-12-30(35)36)23-11-10-22(37-2)17-26(23)25(19)18-29(34)33-21-8-6-5-7-9-21/h5-11,14-17,32H,12-13,18H2,1-4H3,(H,33,34)(H,35,36)/b24-14-. The molecule has 202 valence electrons. The molecule has 0 aromatic heterocycles. The monoisotopic (exact) mass is 528 g/mol. The van der Waals surface area contributed by atoms with Crippen molar-refractivity contribution in [3.63, 3.8) is 0 Å². The molecular formula is C31H32N2O6. The number of amides is 1. The average molecular weight is 529 g/mol. The number of carbonyl (C=O) groups is 2. The molecule has 0 unspecified atom stereocenters. The Hall–Kier alpha value is -4.72. The fourth-order valence-corrected chi connectivity index (χ4v) is 4.65. The summed E-state index contributed by atoms with van der Waals surface area (Å²) >= 11 is 0. The zero-order valence-electron chi connectivity index (χ0n) is 22.5. The molecule has 1 aliphatic rings. The lowest BCUT2D eigenvalue weighted by molar-refractivity contribution is -0.136. The van der Waals surface area contributed by atoms with Crippen LogP contribution in [0, 0.1) is 0 Å². The largest absolute Gasteiger partial charge is 0.497 e. The van der Waals surface area contributed by atoms with Crippen molar-refractivity contribution in [2.24, 2.45) is 0 Å². The van der Waals surface area contributed by atoms with Crippen molar-refractivity contribution in [2.45, 2.75) is 19.8 Å². The van der Waals surface area contributed by atoms with Gasteiger partial charge >= 0.3 is 5.97 Å². The number of benzene rings is 3. The summed E-state index contributed by atoms with van der Waals surface area (Å²) in [5.74, 6) is 0.774. The van der Waals surface area contributed by atoms with Crippen molar-refractivity contribution in [3.8, 4) is 17.2 Å². The SMILES string of the molecule is COc1ccc2c(c1)C(CC(=O)Nc1ccccc1)=C(C)/C2=C/c1cc(OC)c(NCCC(=O)O)c(OC)c1. The molecule has 39 heavy (non-hydrogen) atoms. The number of hydrogen-bond acceptors (Lipinski definition) is 6. The number of nitrogens with one attached hydrogen (secondary N) is 2. The highest BCUT2D eigenvalue weighted by atomic mass is 16.5. The Morgan fingerprint density at radius 1 is 0.897 bits per heavy atom. The molecule has 0 aliphatic heterocycles. The van der Waals surface area contributed by atoms with Crippen LogP contribution in [0.2, 0.25) is 0 Å². The van der Waals surface area contributed by atoms with E-state index in [4.69, 9.17) is 19.3 Å². The second kappa shape index (κ2) is 12.2. The lowest BCUT2D eigenvalue weighted by Crippen LogP contribution is -2.11. The Kier molecular flexibility index (Phi) is 8.56. The summed E-state index contributed by atoms with van der Waals surface area (Å²) in [7, 11) is 4.73. The number of ether oxygens (including phenoxy) is 3. The minimum Gasteiger partial charge on any atom is -0.497 e. The predicted molar refractivity (Wildman–Crippen MR) is 153 cm³/mol. The van der Waals surface area contributed by atoms with Crippen LogP contribution >= 0.6 is 0 Å². The van der Waals surface area contributed by atoms with E-state index in [9.17, 15) is 9.59 Å². The van der Waals surface area contributed by atoms with E-state index in [-0.39, 0.29) is 25.3 Å². The van der Waals surface area contributed by atoms with Crippen LogP contribution < -0.4 is 24.8 Å². The maximum Gasteiger partial charge on any atom is 0.305 e.